The molecule has 1 fully saturated rings. The number of morpholine rings is 1. The molecule has 1 aromatic rings. The van der Waals surface area contributed by atoms with Crippen LogP contribution in [0.3, 0.4) is 0 Å². The van der Waals surface area contributed by atoms with Crippen molar-refractivity contribution in [2.24, 2.45) is 0 Å². The van der Waals surface area contributed by atoms with Crippen LogP contribution in [0.1, 0.15) is 11.1 Å². The summed E-state index contributed by atoms with van der Waals surface area (Å²) >= 11 is 0. The van der Waals surface area contributed by atoms with E-state index in [1.165, 1.54) is 19.2 Å². The van der Waals surface area contributed by atoms with Crippen molar-refractivity contribution in [2.75, 3.05) is 26.8 Å². The summed E-state index contributed by atoms with van der Waals surface area (Å²) in [7, 11) is 1.32. The normalized spacial score (nSPS) is 19.4. The number of nitriles is 1. The second-order valence-corrected chi connectivity index (χ2v) is 4.53. The summed E-state index contributed by atoms with van der Waals surface area (Å²) in [4.78, 5) is 13.4. The van der Waals surface area contributed by atoms with Crippen LogP contribution in [-0.2, 0) is 20.8 Å². The van der Waals surface area contributed by atoms with Crippen molar-refractivity contribution in [3.05, 3.63) is 35.1 Å². The maximum atomic E-state index is 13.1. The van der Waals surface area contributed by atoms with Gasteiger partial charge in [-0.05, 0) is 17.7 Å². The highest BCUT2D eigenvalue weighted by Crippen LogP contribution is 2.15. The average molecular weight is 278 g/mol. The van der Waals surface area contributed by atoms with Gasteiger partial charge in [-0.3, -0.25) is 4.90 Å². The van der Waals surface area contributed by atoms with E-state index in [0.29, 0.717) is 31.8 Å². The van der Waals surface area contributed by atoms with E-state index in [1.807, 2.05) is 11.0 Å². The Morgan fingerprint density at radius 2 is 2.45 bits per heavy atom. The summed E-state index contributed by atoms with van der Waals surface area (Å²) in [5.74, 6) is -0.839. The third-order valence-electron chi connectivity index (χ3n) is 3.20. The van der Waals surface area contributed by atoms with Gasteiger partial charge in [0.05, 0.1) is 25.3 Å². The van der Waals surface area contributed by atoms with Crippen LogP contribution in [0, 0.1) is 17.1 Å². The van der Waals surface area contributed by atoms with Gasteiger partial charge in [-0.15, -0.1) is 0 Å². The number of esters is 1. The Morgan fingerprint density at radius 1 is 1.65 bits per heavy atom. The Balaban J connectivity index is 2.07. The smallest absolute Gasteiger partial charge is 0.336 e. The number of methoxy groups -OCH3 is 1. The second kappa shape index (κ2) is 6.46. The van der Waals surface area contributed by atoms with Gasteiger partial charge < -0.3 is 9.47 Å². The van der Waals surface area contributed by atoms with Gasteiger partial charge in [0.2, 0.25) is 0 Å². The van der Waals surface area contributed by atoms with Gasteiger partial charge in [0, 0.05) is 19.6 Å². The molecule has 1 aliphatic rings. The highest BCUT2D eigenvalue weighted by Gasteiger charge is 2.27. The molecule has 0 bridgehead atoms. The SMILES string of the molecule is COC(=O)C1CN(Cc2ccc(F)cc2C#N)CCO1. The van der Waals surface area contributed by atoms with Crippen LogP contribution in [0.2, 0.25) is 0 Å². The van der Waals surface area contributed by atoms with Gasteiger partial charge in [0.15, 0.2) is 6.10 Å². The van der Waals surface area contributed by atoms with Crippen molar-refractivity contribution in [1.82, 2.24) is 4.90 Å². The number of carbonyl (C=O) groups excluding carboxylic acids is 1. The fourth-order valence-corrected chi connectivity index (χ4v) is 2.15. The van der Waals surface area contributed by atoms with E-state index in [0.717, 1.165) is 5.56 Å². The molecule has 6 heteroatoms. The molecule has 0 aromatic heterocycles. The first-order valence-electron chi connectivity index (χ1n) is 6.24. The molecule has 1 aliphatic heterocycles. The fraction of sp³-hybridized carbons (Fsp3) is 0.429. The van der Waals surface area contributed by atoms with Crippen LogP contribution in [-0.4, -0.2) is 43.8 Å². The minimum atomic E-state index is -0.611. The Morgan fingerprint density at radius 3 is 3.15 bits per heavy atom. The molecule has 0 aliphatic carbocycles. The molecule has 1 saturated heterocycles. The van der Waals surface area contributed by atoms with Crippen LogP contribution in [0.25, 0.3) is 0 Å². The van der Waals surface area contributed by atoms with E-state index in [9.17, 15) is 9.18 Å². The van der Waals surface area contributed by atoms with Crippen molar-refractivity contribution in [2.45, 2.75) is 12.6 Å². The minimum Gasteiger partial charge on any atom is -0.467 e. The van der Waals surface area contributed by atoms with E-state index < -0.39 is 17.9 Å². The zero-order valence-corrected chi connectivity index (χ0v) is 11.1. The zero-order valence-electron chi connectivity index (χ0n) is 11.1. The predicted octanol–water partition coefficient (Wildman–Crippen LogP) is 1.07. The van der Waals surface area contributed by atoms with Gasteiger partial charge in [-0.1, -0.05) is 6.07 Å². The Labute approximate surface area is 116 Å². The lowest BCUT2D eigenvalue weighted by molar-refractivity contribution is -0.160. The molecule has 1 aromatic carbocycles. The monoisotopic (exact) mass is 278 g/mol. The van der Waals surface area contributed by atoms with E-state index in [1.54, 1.807) is 6.07 Å². The number of nitrogens with zero attached hydrogens (tertiary/aromatic N) is 2. The molecule has 0 saturated carbocycles. The van der Waals surface area contributed by atoms with E-state index in [-0.39, 0.29) is 0 Å². The maximum Gasteiger partial charge on any atom is 0.336 e. The third kappa shape index (κ3) is 3.32. The molecule has 1 atom stereocenters. The maximum absolute atomic E-state index is 13.1. The number of hydrogen-bond acceptors (Lipinski definition) is 5. The van der Waals surface area contributed by atoms with Gasteiger partial charge in [0.1, 0.15) is 5.82 Å². The first-order chi connectivity index (χ1) is 9.63. The first-order valence-corrected chi connectivity index (χ1v) is 6.24. The summed E-state index contributed by atoms with van der Waals surface area (Å²) in [5.41, 5.74) is 1.05. The summed E-state index contributed by atoms with van der Waals surface area (Å²) in [6.45, 7) is 1.94. The van der Waals surface area contributed by atoms with E-state index in [4.69, 9.17) is 10.00 Å². The van der Waals surface area contributed by atoms with Gasteiger partial charge >= 0.3 is 5.97 Å². The third-order valence-corrected chi connectivity index (χ3v) is 3.20. The van der Waals surface area contributed by atoms with Crippen LogP contribution >= 0.6 is 0 Å². The number of ether oxygens (including phenoxy) is 2. The molecular formula is C14H15FN2O3. The number of rotatable bonds is 3. The number of halogens is 1. The topological polar surface area (TPSA) is 62.6 Å². The summed E-state index contributed by atoms with van der Waals surface area (Å²) in [6.07, 6.45) is -0.611. The van der Waals surface area contributed by atoms with Crippen molar-refractivity contribution in [3.8, 4) is 6.07 Å². The second-order valence-electron chi connectivity index (χ2n) is 4.53. The Kier molecular flexibility index (Phi) is 4.66. The van der Waals surface area contributed by atoms with Crippen molar-refractivity contribution in [1.29, 1.82) is 5.26 Å². The highest BCUT2D eigenvalue weighted by molar-refractivity contribution is 5.74. The lowest BCUT2D eigenvalue weighted by Crippen LogP contribution is -2.46. The zero-order chi connectivity index (χ0) is 14.5. The lowest BCUT2D eigenvalue weighted by atomic mass is 10.1. The molecule has 1 unspecified atom stereocenters. The Hall–Kier alpha value is -1.97. The number of carbonyl (C=O) groups is 1. The van der Waals surface area contributed by atoms with Crippen LogP contribution in [0.15, 0.2) is 18.2 Å². The van der Waals surface area contributed by atoms with E-state index in [2.05, 4.69) is 4.74 Å². The quantitative estimate of drug-likeness (QED) is 0.774. The van der Waals surface area contributed by atoms with Crippen molar-refractivity contribution < 1.29 is 18.7 Å². The molecule has 106 valence electrons. The summed E-state index contributed by atoms with van der Waals surface area (Å²) in [6, 6.07) is 6.12. The van der Waals surface area contributed by atoms with E-state index >= 15 is 0 Å². The van der Waals surface area contributed by atoms with Crippen LogP contribution in [0.5, 0.6) is 0 Å². The lowest BCUT2D eigenvalue weighted by Gasteiger charge is -2.31. The molecule has 2 rings (SSSR count). The molecule has 0 radical (unpaired) electrons. The standard InChI is InChI=1S/C14H15FN2O3/c1-19-14(18)13-9-17(4-5-20-13)8-10-2-3-12(15)6-11(10)7-16/h2-3,6,13H,4-5,8-9H2,1H3. The molecular weight excluding hydrogens is 263 g/mol. The Bertz CT molecular complexity index is 542. The summed E-state index contributed by atoms with van der Waals surface area (Å²) in [5, 5.41) is 9.02. The van der Waals surface area contributed by atoms with Gasteiger partial charge in [0.25, 0.3) is 0 Å². The molecule has 0 spiro atoms. The van der Waals surface area contributed by atoms with Gasteiger partial charge in [-0.2, -0.15) is 5.26 Å². The molecule has 0 N–H and O–H groups in total. The predicted molar refractivity (Wildman–Crippen MR) is 68.1 cm³/mol. The van der Waals surface area contributed by atoms with Crippen LogP contribution in [0.4, 0.5) is 4.39 Å². The van der Waals surface area contributed by atoms with Crippen molar-refractivity contribution >= 4 is 5.97 Å². The molecule has 5 nitrogen and oxygen atoms in total. The van der Waals surface area contributed by atoms with Gasteiger partial charge in [-0.25, -0.2) is 9.18 Å². The molecule has 0 amide bonds. The molecule has 1 heterocycles. The first kappa shape index (κ1) is 14.4. The number of benzene rings is 1. The summed E-state index contributed by atoms with van der Waals surface area (Å²) < 4.78 is 23.1. The largest absolute Gasteiger partial charge is 0.467 e. The minimum absolute atomic E-state index is 0.311. The van der Waals surface area contributed by atoms with Crippen LogP contribution < -0.4 is 0 Å². The molecule has 20 heavy (non-hydrogen) atoms. The average Bonchev–Trinajstić information content (AvgIpc) is 2.48. The van der Waals surface area contributed by atoms with Crippen molar-refractivity contribution in [3.63, 3.8) is 0 Å². The number of hydrogen-bond donors (Lipinski definition) is 0. The fourth-order valence-electron chi connectivity index (χ4n) is 2.15. The highest BCUT2D eigenvalue weighted by atomic mass is 19.1.